The lowest BCUT2D eigenvalue weighted by atomic mass is 9.91. The first-order valence-corrected chi connectivity index (χ1v) is 10.1. The van der Waals surface area contributed by atoms with Gasteiger partial charge in [-0.3, -0.25) is 9.69 Å². The Morgan fingerprint density at radius 2 is 1.97 bits per heavy atom. The molecule has 3 heterocycles. The minimum absolute atomic E-state index is 0.0221. The van der Waals surface area contributed by atoms with Crippen molar-refractivity contribution in [2.24, 2.45) is 0 Å². The number of nitrogens with zero attached hydrogens (tertiary/aromatic N) is 2. The number of benzene rings is 1. The van der Waals surface area contributed by atoms with Crippen molar-refractivity contribution < 1.29 is 23.5 Å². The quantitative estimate of drug-likeness (QED) is 0.603. The summed E-state index contributed by atoms with van der Waals surface area (Å²) in [6.45, 7) is 3.46. The fourth-order valence-electron chi connectivity index (χ4n) is 3.41. The molecule has 3 amide bonds. The number of aryl methyl sites for hydroxylation is 1. The number of imide groups is 1. The van der Waals surface area contributed by atoms with E-state index in [2.05, 4.69) is 10.3 Å². The van der Waals surface area contributed by atoms with Gasteiger partial charge in [0.2, 0.25) is 5.89 Å². The average molecular weight is 427 g/mol. The summed E-state index contributed by atoms with van der Waals surface area (Å²) >= 11 is 1.51. The van der Waals surface area contributed by atoms with Crippen LogP contribution in [0.5, 0.6) is 11.5 Å². The lowest BCUT2D eigenvalue weighted by Gasteiger charge is -2.23. The molecule has 0 radical (unpaired) electrons. The Labute approximate surface area is 177 Å². The highest BCUT2D eigenvalue weighted by Gasteiger charge is 2.49. The molecular formula is C21H21N3O5S. The third kappa shape index (κ3) is 3.21. The molecule has 0 saturated carbocycles. The highest BCUT2D eigenvalue weighted by atomic mass is 32.1. The molecule has 1 atom stereocenters. The molecule has 0 spiro atoms. The summed E-state index contributed by atoms with van der Waals surface area (Å²) in [5.41, 5.74) is -0.0965. The van der Waals surface area contributed by atoms with Crippen molar-refractivity contribution in [1.29, 1.82) is 0 Å². The van der Waals surface area contributed by atoms with Gasteiger partial charge in [0.1, 0.15) is 17.0 Å². The number of carbonyl (C=O) groups excluding carboxylic acids is 2. The smallest absolute Gasteiger partial charge is 0.325 e. The number of methoxy groups -OCH3 is 2. The Morgan fingerprint density at radius 1 is 1.20 bits per heavy atom. The second-order valence-corrected chi connectivity index (χ2v) is 7.96. The number of nitrogens with one attached hydrogen (secondary N) is 1. The zero-order chi connectivity index (χ0) is 21.5. The van der Waals surface area contributed by atoms with Crippen LogP contribution in [0.25, 0.3) is 10.8 Å². The number of hydrogen-bond acceptors (Lipinski definition) is 7. The van der Waals surface area contributed by atoms with Gasteiger partial charge < -0.3 is 19.2 Å². The first-order chi connectivity index (χ1) is 14.4. The summed E-state index contributed by atoms with van der Waals surface area (Å²) in [4.78, 5) is 32.5. The molecule has 1 N–H and O–H groups in total. The number of thiophene rings is 1. The minimum Gasteiger partial charge on any atom is -0.493 e. The fraction of sp³-hybridized carbons (Fsp3) is 0.286. The molecule has 8 nitrogen and oxygen atoms in total. The summed E-state index contributed by atoms with van der Waals surface area (Å²) in [5, 5.41) is 4.73. The Bertz CT molecular complexity index is 1110. The topological polar surface area (TPSA) is 93.9 Å². The maximum Gasteiger partial charge on any atom is 0.325 e. The molecular weight excluding hydrogens is 406 g/mol. The molecule has 1 aliphatic heterocycles. The van der Waals surface area contributed by atoms with Crippen molar-refractivity contribution in [3.05, 3.63) is 52.7 Å². The van der Waals surface area contributed by atoms with Crippen molar-refractivity contribution in [3.63, 3.8) is 0 Å². The second-order valence-electron chi connectivity index (χ2n) is 7.02. The number of hydrogen-bond donors (Lipinski definition) is 1. The van der Waals surface area contributed by atoms with Crippen LogP contribution in [0.4, 0.5) is 4.79 Å². The van der Waals surface area contributed by atoms with Gasteiger partial charge >= 0.3 is 6.03 Å². The van der Waals surface area contributed by atoms with Gasteiger partial charge in [0, 0.05) is 0 Å². The van der Waals surface area contributed by atoms with Gasteiger partial charge in [0.15, 0.2) is 11.5 Å². The minimum atomic E-state index is -1.23. The average Bonchev–Trinajstić information content (AvgIpc) is 3.44. The fourth-order valence-corrected chi connectivity index (χ4v) is 4.06. The number of amides is 3. The van der Waals surface area contributed by atoms with Gasteiger partial charge in [0.25, 0.3) is 5.91 Å². The second kappa shape index (κ2) is 7.49. The van der Waals surface area contributed by atoms with E-state index in [0.717, 1.165) is 9.78 Å². The molecule has 0 unspecified atom stereocenters. The van der Waals surface area contributed by atoms with Crippen molar-refractivity contribution in [2.75, 3.05) is 14.2 Å². The Kier molecular flexibility index (Phi) is 4.98. The standard InChI is InChI=1S/C21H21N3O5S/c1-12-14(22-18(29-12)17-6-5-9-30-17)11-24-19(25)21(2,23-20(24)26)13-7-8-15(27-3)16(10-13)28-4/h5-10H,11H2,1-4H3,(H,23,26)/t21-/m1/s1. The predicted octanol–water partition coefficient (Wildman–Crippen LogP) is 3.70. The van der Waals surface area contributed by atoms with E-state index in [1.807, 2.05) is 17.5 Å². The maximum absolute atomic E-state index is 13.3. The molecule has 0 aliphatic carbocycles. The molecule has 4 rings (SSSR count). The molecule has 1 saturated heterocycles. The van der Waals surface area contributed by atoms with Crippen molar-refractivity contribution in [3.8, 4) is 22.3 Å². The molecule has 1 aromatic carbocycles. The maximum atomic E-state index is 13.3. The Balaban J connectivity index is 1.62. The number of ether oxygens (including phenoxy) is 2. The van der Waals surface area contributed by atoms with E-state index >= 15 is 0 Å². The largest absolute Gasteiger partial charge is 0.493 e. The number of rotatable bonds is 6. The van der Waals surface area contributed by atoms with E-state index in [0.29, 0.717) is 34.4 Å². The van der Waals surface area contributed by atoms with Gasteiger partial charge in [-0.25, -0.2) is 9.78 Å². The van der Waals surface area contributed by atoms with Crippen LogP contribution in [-0.2, 0) is 16.9 Å². The van der Waals surface area contributed by atoms with E-state index in [4.69, 9.17) is 13.9 Å². The van der Waals surface area contributed by atoms with Crippen LogP contribution in [0, 0.1) is 6.92 Å². The molecule has 156 valence electrons. The Morgan fingerprint density at radius 3 is 2.63 bits per heavy atom. The van der Waals surface area contributed by atoms with Crippen LogP contribution in [0.2, 0.25) is 0 Å². The first-order valence-electron chi connectivity index (χ1n) is 9.24. The monoisotopic (exact) mass is 427 g/mol. The van der Waals surface area contributed by atoms with E-state index in [1.54, 1.807) is 32.0 Å². The van der Waals surface area contributed by atoms with Crippen LogP contribution < -0.4 is 14.8 Å². The third-order valence-corrected chi connectivity index (χ3v) is 6.03. The zero-order valence-electron chi connectivity index (χ0n) is 17.0. The van der Waals surface area contributed by atoms with Crippen LogP contribution >= 0.6 is 11.3 Å². The number of carbonyl (C=O) groups is 2. The summed E-state index contributed by atoms with van der Waals surface area (Å²) in [5.74, 6) is 1.69. The highest BCUT2D eigenvalue weighted by molar-refractivity contribution is 7.13. The molecule has 2 aromatic heterocycles. The number of oxazole rings is 1. The highest BCUT2D eigenvalue weighted by Crippen LogP contribution is 2.36. The van der Waals surface area contributed by atoms with Crippen LogP contribution in [0.3, 0.4) is 0 Å². The molecule has 30 heavy (non-hydrogen) atoms. The first kappa shape index (κ1) is 20.0. The lowest BCUT2D eigenvalue weighted by Crippen LogP contribution is -2.40. The normalized spacial score (nSPS) is 18.6. The van der Waals surface area contributed by atoms with Crippen molar-refractivity contribution >= 4 is 23.3 Å². The van der Waals surface area contributed by atoms with Crippen LogP contribution in [0.15, 0.2) is 40.1 Å². The van der Waals surface area contributed by atoms with E-state index in [-0.39, 0.29) is 12.5 Å². The van der Waals surface area contributed by atoms with E-state index in [1.165, 1.54) is 25.6 Å². The van der Waals surface area contributed by atoms with Gasteiger partial charge in [0.05, 0.1) is 25.6 Å². The predicted molar refractivity (Wildman–Crippen MR) is 111 cm³/mol. The summed E-state index contributed by atoms with van der Waals surface area (Å²) in [6, 6.07) is 8.46. The molecule has 9 heteroatoms. The molecule has 3 aromatic rings. The van der Waals surface area contributed by atoms with Gasteiger partial charge in [-0.2, -0.15) is 0 Å². The van der Waals surface area contributed by atoms with Crippen molar-refractivity contribution in [1.82, 2.24) is 15.2 Å². The SMILES string of the molecule is COc1ccc([C@@]2(C)NC(=O)N(Cc3nc(-c4cccs4)oc3C)C2=O)cc1OC. The van der Waals surface area contributed by atoms with Crippen molar-refractivity contribution in [2.45, 2.75) is 25.9 Å². The van der Waals surface area contributed by atoms with Crippen LogP contribution in [-0.4, -0.2) is 36.0 Å². The van der Waals surface area contributed by atoms with Gasteiger partial charge in [-0.05, 0) is 43.0 Å². The Hall–Kier alpha value is -3.33. The summed E-state index contributed by atoms with van der Waals surface area (Å²) < 4.78 is 16.3. The number of aromatic nitrogens is 1. The summed E-state index contributed by atoms with van der Waals surface area (Å²) in [6.07, 6.45) is 0. The van der Waals surface area contributed by atoms with E-state index in [9.17, 15) is 9.59 Å². The molecule has 1 fully saturated rings. The number of urea groups is 1. The van der Waals surface area contributed by atoms with Gasteiger partial charge in [-0.15, -0.1) is 11.3 Å². The molecule has 0 bridgehead atoms. The third-order valence-electron chi connectivity index (χ3n) is 5.17. The molecule has 1 aliphatic rings. The van der Waals surface area contributed by atoms with E-state index < -0.39 is 11.6 Å². The van der Waals surface area contributed by atoms with Crippen LogP contribution in [0.1, 0.15) is 23.9 Å². The zero-order valence-corrected chi connectivity index (χ0v) is 17.8. The lowest BCUT2D eigenvalue weighted by molar-refractivity contribution is -0.131. The van der Waals surface area contributed by atoms with Gasteiger partial charge in [-0.1, -0.05) is 12.1 Å². The summed E-state index contributed by atoms with van der Waals surface area (Å²) in [7, 11) is 3.05.